The van der Waals surface area contributed by atoms with Crippen LogP contribution in [-0.4, -0.2) is 74.2 Å². The molecule has 25 heavy (non-hydrogen) atoms. The number of carbonyl (C=O) groups excluding carboxylic acids is 2. The summed E-state index contributed by atoms with van der Waals surface area (Å²) in [6, 6.07) is 3.76. The van der Waals surface area contributed by atoms with Crippen molar-refractivity contribution in [2.45, 2.75) is 12.8 Å². The monoisotopic (exact) mass is 364 g/mol. The van der Waals surface area contributed by atoms with Gasteiger partial charge in [0.15, 0.2) is 0 Å². The molecule has 6 nitrogen and oxygen atoms in total. The summed E-state index contributed by atoms with van der Waals surface area (Å²) < 4.78 is 10.9. The lowest BCUT2D eigenvalue weighted by Gasteiger charge is -2.39. The van der Waals surface area contributed by atoms with Gasteiger partial charge in [-0.2, -0.15) is 0 Å². The van der Waals surface area contributed by atoms with E-state index in [0.717, 1.165) is 17.7 Å². The fourth-order valence-corrected chi connectivity index (χ4v) is 5.00. The van der Waals surface area contributed by atoms with E-state index in [4.69, 9.17) is 9.47 Å². The highest BCUT2D eigenvalue weighted by Crippen LogP contribution is 2.45. The van der Waals surface area contributed by atoms with Crippen LogP contribution in [0.15, 0.2) is 17.5 Å². The number of nitrogens with zero attached hydrogens (tertiary/aromatic N) is 2. The lowest BCUT2D eigenvalue weighted by Crippen LogP contribution is -2.49. The van der Waals surface area contributed by atoms with Crippen molar-refractivity contribution in [1.29, 1.82) is 0 Å². The van der Waals surface area contributed by atoms with E-state index >= 15 is 0 Å². The standard InChI is InChI=1S/C18H24N2O4S/c21-16(19-5-9-24-10-6-19)14-12-20(17(22)15-2-1-11-25-15)13-18(14)3-7-23-8-4-18/h1-2,11,14H,3-10,12-13H2. The van der Waals surface area contributed by atoms with Crippen molar-refractivity contribution < 1.29 is 19.1 Å². The van der Waals surface area contributed by atoms with Gasteiger partial charge in [0.1, 0.15) is 0 Å². The molecule has 4 heterocycles. The summed E-state index contributed by atoms with van der Waals surface area (Å²) in [5.41, 5.74) is -0.138. The van der Waals surface area contributed by atoms with E-state index in [9.17, 15) is 9.59 Å². The van der Waals surface area contributed by atoms with E-state index in [1.165, 1.54) is 11.3 Å². The average Bonchev–Trinajstić information content (AvgIpc) is 3.31. The highest BCUT2D eigenvalue weighted by molar-refractivity contribution is 7.12. The Hall–Kier alpha value is -1.44. The zero-order valence-electron chi connectivity index (χ0n) is 14.3. The van der Waals surface area contributed by atoms with Gasteiger partial charge in [0.25, 0.3) is 5.91 Å². The molecule has 1 aromatic rings. The molecule has 2 amide bonds. The van der Waals surface area contributed by atoms with Gasteiger partial charge in [-0.1, -0.05) is 6.07 Å². The van der Waals surface area contributed by atoms with Gasteiger partial charge in [0.2, 0.25) is 5.91 Å². The van der Waals surface area contributed by atoms with Gasteiger partial charge < -0.3 is 19.3 Å². The van der Waals surface area contributed by atoms with Crippen molar-refractivity contribution in [3.05, 3.63) is 22.4 Å². The zero-order chi connectivity index (χ0) is 17.3. The second kappa shape index (κ2) is 7.05. The molecule has 7 heteroatoms. The summed E-state index contributed by atoms with van der Waals surface area (Å²) in [5, 5.41) is 1.92. The van der Waals surface area contributed by atoms with Crippen molar-refractivity contribution >= 4 is 23.2 Å². The van der Waals surface area contributed by atoms with E-state index in [1.54, 1.807) is 0 Å². The molecule has 3 aliphatic rings. The van der Waals surface area contributed by atoms with E-state index in [1.807, 2.05) is 27.3 Å². The minimum atomic E-state index is -0.138. The Bertz CT molecular complexity index is 621. The molecule has 3 saturated heterocycles. The maximum absolute atomic E-state index is 13.2. The molecule has 0 aliphatic carbocycles. The minimum Gasteiger partial charge on any atom is -0.381 e. The van der Waals surface area contributed by atoms with Crippen LogP contribution >= 0.6 is 11.3 Å². The number of hydrogen-bond acceptors (Lipinski definition) is 5. The van der Waals surface area contributed by atoms with Crippen LogP contribution in [0.25, 0.3) is 0 Å². The average molecular weight is 364 g/mol. The van der Waals surface area contributed by atoms with E-state index in [2.05, 4.69) is 0 Å². The molecule has 4 rings (SSSR count). The first-order valence-corrected chi connectivity index (χ1v) is 9.85. The van der Waals surface area contributed by atoms with Crippen LogP contribution in [-0.2, 0) is 14.3 Å². The van der Waals surface area contributed by atoms with Crippen LogP contribution in [0, 0.1) is 11.3 Å². The molecule has 1 unspecified atom stereocenters. The Morgan fingerprint density at radius 3 is 2.48 bits per heavy atom. The highest BCUT2D eigenvalue weighted by Gasteiger charge is 2.52. The number of rotatable bonds is 2. The van der Waals surface area contributed by atoms with Crippen LogP contribution < -0.4 is 0 Å². The van der Waals surface area contributed by atoms with Crippen molar-refractivity contribution in [3.63, 3.8) is 0 Å². The third-order valence-electron chi connectivity index (χ3n) is 5.78. The molecule has 3 aliphatic heterocycles. The summed E-state index contributed by atoms with van der Waals surface area (Å²) in [6.07, 6.45) is 1.70. The summed E-state index contributed by atoms with van der Waals surface area (Å²) in [5.74, 6) is 0.114. The van der Waals surface area contributed by atoms with Crippen molar-refractivity contribution in [2.75, 3.05) is 52.6 Å². The predicted molar refractivity (Wildman–Crippen MR) is 93.6 cm³/mol. The van der Waals surface area contributed by atoms with Crippen LogP contribution in [0.5, 0.6) is 0 Å². The molecular weight excluding hydrogens is 340 g/mol. The van der Waals surface area contributed by atoms with Gasteiger partial charge in [-0.25, -0.2) is 0 Å². The van der Waals surface area contributed by atoms with Gasteiger partial charge in [-0.05, 0) is 24.3 Å². The lowest BCUT2D eigenvalue weighted by atomic mass is 9.71. The fourth-order valence-electron chi connectivity index (χ4n) is 4.31. The van der Waals surface area contributed by atoms with E-state index in [0.29, 0.717) is 52.6 Å². The number of amides is 2. The van der Waals surface area contributed by atoms with Gasteiger partial charge >= 0.3 is 0 Å². The molecule has 1 spiro atoms. The van der Waals surface area contributed by atoms with Gasteiger partial charge in [0.05, 0.1) is 24.0 Å². The molecule has 1 atom stereocenters. The maximum atomic E-state index is 13.2. The Kier molecular flexibility index (Phi) is 4.80. The number of thiophene rings is 1. The summed E-state index contributed by atoms with van der Waals surface area (Å²) in [7, 11) is 0. The molecule has 0 N–H and O–H groups in total. The van der Waals surface area contributed by atoms with Crippen LogP contribution in [0.1, 0.15) is 22.5 Å². The molecule has 3 fully saturated rings. The van der Waals surface area contributed by atoms with Crippen molar-refractivity contribution in [3.8, 4) is 0 Å². The number of likely N-dealkylation sites (tertiary alicyclic amines) is 1. The summed E-state index contributed by atoms with van der Waals surface area (Å²) in [6.45, 7) is 5.04. The quantitative estimate of drug-likeness (QED) is 0.798. The Labute approximate surface area is 151 Å². The van der Waals surface area contributed by atoms with E-state index in [-0.39, 0.29) is 23.1 Å². The smallest absolute Gasteiger partial charge is 0.263 e. The van der Waals surface area contributed by atoms with Crippen molar-refractivity contribution in [2.24, 2.45) is 11.3 Å². The Morgan fingerprint density at radius 1 is 1.08 bits per heavy atom. The van der Waals surface area contributed by atoms with Gasteiger partial charge in [-0.15, -0.1) is 11.3 Å². The molecule has 0 radical (unpaired) electrons. The molecule has 0 bridgehead atoms. The molecule has 136 valence electrons. The van der Waals surface area contributed by atoms with Crippen molar-refractivity contribution in [1.82, 2.24) is 9.80 Å². The molecule has 0 saturated carbocycles. The van der Waals surface area contributed by atoms with Crippen LogP contribution in [0.4, 0.5) is 0 Å². The number of carbonyl (C=O) groups is 2. The lowest BCUT2D eigenvalue weighted by molar-refractivity contribution is -0.144. The first kappa shape index (κ1) is 17.0. The highest BCUT2D eigenvalue weighted by atomic mass is 32.1. The fraction of sp³-hybridized carbons (Fsp3) is 0.667. The first-order valence-electron chi connectivity index (χ1n) is 8.97. The second-order valence-electron chi connectivity index (χ2n) is 7.13. The van der Waals surface area contributed by atoms with Gasteiger partial charge in [0, 0.05) is 44.8 Å². The Balaban J connectivity index is 1.56. The van der Waals surface area contributed by atoms with Crippen LogP contribution in [0.2, 0.25) is 0 Å². The number of ether oxygens (including phenoxy) is 2. The van der Waals surface area contributed by atoms with Crippen LogP contribution in [0.3, 0.4) is 0 Å². The second-order valence-corrected chi connectivity index (χ2v) is 8.08. The van der Waals surface area contributed by atoms with E-state index < -0.39 is 0 Å². The summed E-state index contributed by atoms with van der Waals surface area (Å²) >= 11 is 1.46. The zero-order valence-corrected chi connectivity index (χ0v) is 15.1. The molecule has 0 aromatic carbocycles. The molecular formula is C18H24N2O4S. The van der Waals surface area contributed by atoms with Gasteiger partial charge in [-0.3, -0.25) is 9.59 Å². The molecule has 1 aromatic heterocycles. The number of hydrogen-bond donors (Lipinski definition) is 0. The largest absolute Gasteiger partial charge is 0.381 e. The third-order valence-corrected chi connectivity index (χ3v) is 6.63. The topological polar surface area (TPSA) is 59.1 Å². The normalized spacial score (nSPS) is 26.2. The SMILES string of the molecule is O=C(c1cccs1)N1CC(C(=O)N2CCOCC2)C2(CCOCC2)C1. The first-order chi connectivity index (χ1) is 12.2. The third kappa shape index (κ3) is 3.20. The maximum Gasteiger partial charge on any atom is 0.263 e. The summed E-state index contributed by atoms with van der Waals surface area (Å²) in [4.78, 5) is 30.6. The predicted octanol–water partition coefficient (Wildman–Crippen LogP) is 1.48. The minimum absolute atomic E-state index is 0.0538. The number of morpholine rings is 1. The Morgan fingerprint density at radius 2 is 1.80 bits per heavy atom.